The van der Waals surface area contributed by atoms with Crippen molar-refractivity contribution in [2.75, 3.05) is 6.54 Å². The van der Waals surface area contributed by atoms with Crippen molar-refractivity contribution >= 4 is 17.7 Å². The van der Waals surface area contributed by atoms with Gasteiger partial charge in [-0.1, -0.05) is 41.5 Å². The lowest BCUT2D eigenvalue weighted by Crippen LogP contribution is -2.36. The van der Waals surface area contributed by atoms with E-state index in [1.165, 1.54) is 10.5 Å². The molecule has 0 saturated heterocycles. The van der Waals surface area contributed by atoms with Crippen LogP contribution in [0.3, 0.4) is 0 Å². The Kier molecular flexibility index (Phi) is 4.75. The Morgan fingerprint density at radius 2 is 1.64 bits per heavy atom. The highest BCUT2D eigenvalue weighted by atomic mass is 16.2. The van der Waals surface area contributed by atoms with Gasteiger partial charge in [-0.2, -0.15) is 0 Å². The minimum absolute atomic E-state index is 0.00192. The monoisotopic (exact) mass is 376 g/mol. The zero-order chi connectivity index (χ0) is 19.8. The molecule has 1 unspecified atom stereocenters. The highest BCUT2D eigenvalue weighted by Crippen LogP contribution is 2.41. The Bertz CT molecular complexity index is 945. The zero-order valence-corrected chi connectivity index (χ0v) is 16.2. The van der Waals surface area contributed by atoms with Crippen LogP contribution in [0.4, 0.5) is 0 Å². The van der Waals surface area contributed by atoms with Crippen LogP contribution in [-0.4, -0.2) is 29.2 Å². The summed E-state index contributed by atoms with van der Waals surface area (Å²) < 4.78 is 0. The number of carbonyl (C=O) groups excluding carboxylic acids is 3. The van der Waals surface area contributed by atoms with Gasteiger partial charge in [0.05, 0.1) is 17.2 Å². The number of imide groups is 1. The van der Waals surface area contributed by atoms with E-state index in [1.54, 1.807) is 12.1 Å². The van der Waals surface area contributed by atoms with Gasteiger partial charge >= 0.3 is 0 Å². The Morgan fingerprint density at radius 3 is 2.32 bits per heavy atom. The van der Waals surface area contributed by atoms with Crippen molar-refractivity contribution in [1.29, 1.82) is 0 Å². The minimum atomic E-state index is -0.315. The Balaban J connectivity index is 1.40. The van der Waals surface area contributed by atoms with Crippen molar-refractivity contribution < 1.29 is 14.4 Å². The quantitative estimate of drug-likeness (QED) is 0.784. The summed E-state index contributed by atoms with van der Waals surface area (Å²) in [5.41, 5.74) is 4.08. The first kappa shape index (κ1) is 18.4. The van der Waals surface area contributed by atoms with Crippen LogP contribution in [0.2, 0.25) is 0 Å². The third kappa shape index (κ3) is 3.57. The average Bonchev–Trinajstić information content (AvgIpc) is 3.48. The maximum absolute atomic E-state index is 12.6. The molecule has 1 heterocycles. The van der Waals surface area contributed by atoms with Crippen LogP contribution < -0.4 is 5.32 Å². The van der Waals surface area contributed by atoms with E-state index in [0.717, 1.165) is 24.0 Å². The number of nitrogens with zero attached hydrogens (tertiary/aromatic N) is 1. The molecule has 4 rings (SSSR count). The zero-order valence-electron chi connectivity index (χ0n) is 16.2. The fourth-order valence-corrected chi connectivity index (χ4v) is 3.74. The van der Waals surface area contributed by atoms with E-state index >= 15 is 0 Å². The second-order valence-electron chi connectivity index (χ2n) is 7.85. The minimum Gasteiger partial charge on any atom is -0.349 e. The number of nitrogens with one attached hydrogen (secondary N) is 1. The van der Waals surface area contributed by atoms with E-state index in [2.05, 4.69) is 29.6 Å². The highest BCUT2D eigenvalue weighted by molar-refractivity contribution is 6.21. The van der Waals surface area contributed by atoms with E-state index in [0.29, 0.717) is 17.0 Å². The molecule has 1 N–H and O–H groups in total. The summed E-state index contributed by atoms with van der Waals surface area (Å²) in [6.45, 7) is 4.03. The maximum atomic E-state index is 12.6. The summed E-state index contributed by atoms with van der Waals surface area (Å²) in [5.74, 6) is -0.294. The molecule has 1 aliphatic carbocycles. The molecule has 0 spiro atoms. The molecule has 1 fully saturated rings. The van der Waals surface area contributed by atoms with Crippen LogP contribution in [0, 0.1) is 19.8 Å². The fraction of sp³-hybridized carbons (Fsp3) is 0.348. The van der Waals surface area contributed by atoms with Gasteiger partial charge in [-0.05, 0) is 50.3 Å². The van der Waals surface area contributed by atoms with Gasteiger partial charge in [-0.25, -0.2) is 0 Å². The molecular formula is C23H24N2O3. The van der Waals surface area contributed by atoms with Crippen LogP contribution in [0.15, 0.2) is 42.5 Å². The molecule has 1 atom stereocenters. The standard InChI is InChI=1S/C23H24N2O3/c1-14-3-6-16(7-4-14)21(17-8-9-17)24-20(26)11-12-25-22(27)18-10-5-15(2)13-19(18)23(25)28/h3-7,10,13,17,21H,8-9,11-12H2,1-2H3,(H,24,26). The number of carbonyl (C=O) groups is 3. The molecule has 28 heavy (non-hydrogen) atoms. The van der Waals surface area contributed by atoms with Gasteiger partial charge in [0.1, 0.15) is 0 Å². The van der Waals surface area contributed by atoms with Gasteiger partial charge in [0.2, 0.25) is 5.91 Å². The first-order valence-electron chi connectivity index (χ1n) is 9.77. The number of rotatable bonds is 6. The lowest BCUT2D eigenvalue weighted by atomic mass is 10.0. The molecule has 144 valence electrons. The van der Waals surface area contributed by atoms with Crippen LogP contribution in [0.25, 0.3) is 0 Å². The van der Waals surface area contributed by atoms with Crippen molar-refractivity contribution in [2.45, 2.75) is 39.2 Å². The van der Waals surface area contributed by atoms with Gasteiger partial charge in [-0.15, -0.1) is 0 Å². The third-order valence-electron chi connectivity index (χ3n) is 5.54. The molecule has 0 bridgehead atoms. The smallest absolute Gasteiger partial charge is 0.261 e. The normalized spacial score (nSPS) is 16.9. The predicted molar refractivity (Wildman–Crippen MR) is 106 cm³/mol. The van der Waals surface area contributed by atoms with Crippen molar-refractivity contribution in [1.82, 2.24) is 10.2 Å². The molecule has 2 aromatic rings. The number of hydrogen-bond acceptors (Lipinski definition) is 3. The van der Waals surface area contributed by atoms with E-state index in [4.69, 9.17) is 0 Å². The van der Waals surface area contributed by atoms with Gasteiger partial charge in [0.15, 0.2) is 0 Å². The average molecular weight is 376 g/mol. The van der Waals surface area contributed by atoms with E-state index in [9.17, 15) is 14.4 Å². The number of aryl methyl sites for hydroxylation is 2. The fourth-order valence-electron chi connectivity index (χ4n) is 3.74. The first-order valence-corrected chi connectivity index (χ1v) is 9.77. The van der Waals surface area contributed by atoms with E-state index in [1.807, 2.05) is 19.9 Å². The molecule has 2 aromatic carbocycles. The molecular weight excluding hydrogens is 352 g/mol. The SMILES string of the molecule is Cc1ccc(C(NC(=O)CCN2C(=O)c3ccc(C)cc3C2=O)C2CC2)cc1. The Labute approximate surface area is 164 Å². The largest absolute Gasteiger partial charge is 0.349 e. The molecule has 0 aromatic heterocycles. The van der Waals surface area contributed by atoms with Crippen molar-refractivity contribution in [3.05, 3.63) is 70.3 Å². The number of benzene rings is 2. The topological polar surface area (TPSA) is 66.5 Å². The van der Waals surface area contributed by atoms with E-state index in [-0.39, 0.29) is 36.7 Å². The molecule has 5 heteroatoms. The summed E-state index contributed by atoms with van der Waals surface area (Å²) in [5, 5.41) is 3.11. The predicted octanol–water partition coefficient (Wildman–Crippen LogP) is 3.56. The third-order valence-corrected chi connectivity index (χ3v) is 5.54. The molecule has 5 nitrogen and oxygen atoms in total. The van der Waals surface area contributed by atoms with Crippen LogP contribution >= 0.6 is 0 Å². The van der Waals surface area contributed by atoms with Crippen LogP contribution in [-0.2, 0) is 4.79 Å². The van der Waals surface area contributed by atoms with E-state index < -0.39 is 0 Å². The molecule has 3 amide bonds. The van der Waals surface area contributed by atoms with Crippen molar-refractivity contribution in [3.63, 3.8) is 0 Å². The number of hydrogen-bond donors (Lipinski definition) is 1. The van der Waals surface area contributed by atoms with Crippen LogP contribution in [0.1, 0.15) is 62.7 Å². The summed E-state index contributed by atoms with van der Waals surface area (Å²) in [4.78, 5) is 38.8. The molecule has 2 aliphatic rings. The van der Waals surface area contributed by atoms with Crippen molar-refractivity contribution in [3.8, 4) is 0 Å². The van der Waals surface area contributed by atoms with Crippen LogP contribution in [0.5, 0.6) is 0 Å². The number of amides is 3. The lowest BCUT2D eigenvalue weighted by molar-refractivity contribution is -0.122. The summed E-state index contributed by atoms with van der Waals surface area (Å²) in [7, 11) is 0. The van der Waals surface area contributed by atoms with Gasteiger partial charge < -0.3 is 5.32 Å². The molecule has 1 aliphatic heterocycles. The maximum Gasteiger partial charge on any atom is 0.261 e. The number of fused-ring (bicyclic) bond motifs is 1. The first-order chi connectivity index (χ1) is 13.4. The summed E-state index contributed by atoms with van der Waals surface area (Å²) in [6, 6.07) is 13.5. The van der Waals surface area contributed by atoms with Gasteiger partial charge in [0.25, 0.3) is 11.8 Å². The summed E-state index contributed by atoms with van der Waals surface area (Å²) in [6.07, 6.45) is 2.33. The van der Waals surface area contributed by atoms with Gasteiger partial charge in [-0.3, -0.25) is 19.3 Å². The van der Waals surface area contributed by atoms with Gasteiger partial charge in [0, 0.05) is 13.0 Å². The van der Waals surface area contributed by atoms with Crippen molar-refractivity contribution in [2.24, 2.45) is 5.92 Å². The lowest BCUT2D eigenvalue weighted by Gasteiger charge is -2.20. The molecule has 0 radical (unpaired) electrons. The second kappa shape index (κ2) is 7.23. The second-order valence-corrected chi connectivity index (χ2v) is 7.85. The Hall–Kier alpha value is -2.95. The molecule has 1 saturated carbocycles. The summed E-state index contributed by atoms with van der Waals surface area (Å²) >= 11 is 0. The highest BCUT2D eigenvalue weighted by Gasteiger charge is 2.36. The Morgan fingerprint density at radius 1 is 1.00 bits per heavy atom.